The molecule has 17 heavy (non-hydrogen) atoms. The summed E-state index contributed by atoms with van der Waals surface area (Å²) in [5.74, 6) is 2.07. The van der Waals surface area contributed by atoms with Crippen molar-refractivity contribution >= 4 is 17.7 Å². The van der Waals surface area contributed by atoms with E-state index in [-0.39, 0.29) is 12.5 Å². The van der Waals surface area contributed by atoms with Gasteiger partial charge in [-0.05, 0) is 29.4 Å². The zero-order valence-corrected chi connectivity index (χ0v) is 11.1. The molecule has 1 aromatic rings. The highest BCUT2D eigenvalue weighted by molar-refractivity contribution is 7.98. The minimum Gasteiger partial charge on any atom is -0.396 e. The number of hydrogen-bond donors (Lipinski definition) is 2. The molecule has 3 nitrogen and oxygen atoms in total. The molecule has 0 aliphatic rings. The van der Waals surface area contributed by atoms with Gasteiger partial charge in [-0.25, -0.2) is 0 Å². The zero-order valence-electron chi connectivity index (χ0n) is 10.3. The van der Waals surface area contributed by atoms with Crippen LogP contribution in [0.5, 0.6) is 0 Å². The van der Waals surface area contributed by atoms with Crippen molar-refractivity contribution in [2.24, 2.45) is 5.92 Å². The lowest BCUT2D eigenvalue weighted by atomic mass is 10.1. The molecule has 0 aliphatic heterocycles. The average molecular weight is 253 g/mol. The first-order valence-corrected chi connectivity index (χ1v) is 6.82. The number of thioether (sulfide) groups is 1. The Hall–Kier alpha value is -1.00. The Morgan fingerprint density at radius 2 is 2.29 bits per heavy atom. The Labute approximate surface area is 107 Å². The number of amides is 1. The molecule has 0 unspecified atom stereocenters. The smallest absolute Gasteiger partial charge is 0.251 e. The Kier molecular flexibility index (Phi) is 6.08. The molecule has 1 atom stereocenters. The Bertz CT molecular complexity index is 368. The van der Waals surface area contributed by atoms with Crippen molar-refractivity contribution in [2.75, 3.05) is 19.4 Å². The molecule has 0 saturated carbocycles. The molecular weight excluding hydrogens is 234 g/mol. The molecule has 4 heteroatoms. The second-order valence-corrected chi connectivity index (χ2v) is 5.11. The lowest BCUT2D eigenvalue weighted by molar-refractivity contribution is 0.0963. The fourth-order valence-corrected chi connectivity index (χ4v) is 2.42. The van der Waals surface area contributed by atoms with E-state index in [1.54, 1.807) is 18.8 Å². The fourth-order valence-electron chi connectivity index (χ4n) is 1.38. The molecule has 94 valence electrons. The van der Waals surface area contributed by atoms with E-state index in [4.69, 9.17) is 5.11 Å². The highest BCUT2D eigenvalue weighted by Crippen LogP contribution is 2.16. The lowest BCUT2D eigenvalue weighted by Crippen LogP contribution is -2.17. The number of carbonyl (C=O) groups excluding carboxylic acids is 1. The number of nitrogens with one attached hydrogen (secondary N) is 1. The SMILES string of the molecule is CNC(=O)c1cccc(CSC[C@H](C)CO)c1. The van der Waals surface area contributed by atoms with E-state index in [9.17, 15) is 4.79 Å². The van der Waals surface area contributed by atoms with Crippen molar-refractivity contribution in [3.8, 4) is 0 Å². The summed E-state index contributed by atoms with van der Waals surface area (Å²) in [4.78, 5) is 11.4. The van der Waals surface area contributed by atoms with Gasteiger partial charge in [0.25, 0.3) is 5.91 Å². The first kappa shape index (κ1) is 14.1. The molecule has 0 saturated heterocycles. The molecule has 0 fully saturated rings. The van der Waals surface area contributed by atoms with Crippen LogP contribution in [0.1, 0.15) is 22.8 Å². The quantitative estimate of drug-likeness (QED) is 0.814. The number of rotatable bonds is 6. The van der Waals surface area contributed by atoms with Gasteiger partial charge in [-0.15, -0.1) is 0 Å². The summed E-state index contributed by atoms with van der Waals surface area (Å²) < 4.78 is 0. The maximum atomic E-state index is 11.4. The van der Waals surface area contributed by atoms with E-state index in [2.05, 4.69) is 5.32 Å². The highest BCUT2D eigenvalue weighted by atomic mass is 32.2. The normalized spacial score (nSPS) is 12.2. The number of carbonyl (C=O) groups is 1. The Morgan fingerprint density at radius 1 is 1.53 bits per heavy atom. The van der Waals surface area contributed by atoms with Crippen LogP contribution < -0.4 is 5.32 Å². The van der Waals surface area contributed by atoms with Gasteiger partial charge in [0.2, 0.25) is 0 Å². The topological polar surface area (TPSA) is 49.3 Å². The van der Waals surface area contributed by atoms with Crippen LogP contribution in [0, 0.1) is 5.92 Å². The van der Waals surface area contributed by atoms with E-state index in [0.29, 0.717) is 11.5 Å². The molecule has 1 rings (SSSR count). The third-order valence-corrected chi connectivity index (χ3v) is 3.74. The van der Waals surface area contributed by atoms with Crippen LogP contribution >= 0.6 is 11.8 Å². The predicted molar refractivity (Wildman–Crippen MR) is 72.2 cm³/mol. The fraction of sp³-hybridized carbons (Fsp3) is 0.462. The molecule has 0 heterocycles. The summed E-state index contributed by atoms with van der Waals surface area (Å²) in [5.41, 5.74) is 1.84. The van der Waals surface area contributed by atoms with Crippen LogP contribution in [0.3, 0.4) is 0 Å². The maximum absolute atomic E-state index is 11.4. The van der Waals surface area contributed by atoms with Crippen LogP contribution in [0.25, 0.3) is 0 Å². The summed E-state index contributed by atoms with van der Waals surface area (Å²) in [6.45, 7) is 2.25. The van der Waals surface area contributed by atoms with Gasteiger partial charge in [0.15, 0.2) is 0 Å². The zero-order chi connectivity index (χ0) is 12.7. The van der Waals surface area contributed by atoms with Gasteiger partial charge in [0.1, 0.15) is 0 Å². The van der Waals surface area contributed by atoms with Crippen molar-refractivity contribution in [3.05, 3.63) is 35.4 Å². The molecule has 1 amide bonds. The van der Waals surface area contributed by atoms with Crippen LogP contribution in [0.2, 0.25) is 0 Å². The maximum Gasteiger partial charge on any atom is 0.251 e. The second-order valence-electron chi connectivity index (χ2n) is 4.08. The van der Waals surface area contributed by atoms with Crippen molar-refractivity contribution in [1.82, 2.24) is 5.32 Å². The van der Waals surface area contributed by atoms with Crippen molar-refractivity contribution < 1.29 is 9.90 Å². The van der Waals surface area contributed by atoms with Crippen molar-refractivity contribution in [1.29, 1.82) is 0 Å². The van der Waals surface area contributed by atoms with Gasteiger partial charge >= 0.3 is 0 Å². The minimum atomic E-state index is -0.0550. The summed E-state index contributed by atoms with van der Waals surface area (Å²) in [5, 5.41) is 11.5. The van der Waals surface area contributed by atoms with E-state index in [1.165, 1.54) is 0 Å². The van der Waals surface area contributed by atoms with Crippen LogP contribution in [0.4, 0.5) is 0 Å². The number of benzene rings is 1. The van der Waals surface area contributed by atoms with Gasteiger partial charge in [-0.2, -0.15) is 11.8 Å². The summed E-state index contributed by atoms with van der Waals surface area (Å²) in [7, 11) is 1.63. The first-order chi connectivity index (χ1) is 8.17. The molecule has 2 N–H and O–H groups in total. The standard InChI is InChI=1S/C13H19NO2S/c1-10(7-15)8-17-9-11-4-3-5-12(6-11)13(16)14-2/h3-6,10,15H,7-9H2,1-2H3,(H,14,16)/t10-/m1/s1. The van der Waals surface area contributed by atoms with Crippen LogP contribution in [0.15, 0.2) is 24.3 Å². The van der Waals surface area contributed by atoms with Gasteiger partial charge in [0, 0.05) is 25.0 Å². The molecule has 0 aliphatic carbocycles. The van der Waals surface area contributed by atoms with Crippen molar-refractivity contribution in [2.45, 2.75) is 12.7 Å². The van der Waals surface area contributed by atoms with Gasteiger partial charge in [-0.1, -0.05) is 19.1 Å². The number of aliphatic hydroxyl groups is 1. The molecule has 0 radical (unpaired) electrons. The largest absolute Gasteiger partial charge is 0.396 e. The number of aliphatic hydroxyl groups excluding tert-OH is 1. The predicted octanol–water partition coefficient (Wildman–Crippen LogP) is 1.91. The third kappa shape index (κ3) is 4.79. The summed E-state index contributed by atoms with van der Waals surface area (Å²) in [6, 6.07) is 7.64. The van der Waals surface area contributed by atoms with Gasteiger partial charge in [-0.3, -0.25) is 4.79 Å². The second kappa shape index (κ2) is 7.35. The average Bonchev–Trinajstić information content (AvgIpc) is 2.38. The minimum absolute atomic E-state index is 0.0550. The molecular formula is C13H19NO2S. The third-order valence-electron chi connectivity index (χ3n) is 2.40. The molecule has 0 spiro atoms. The van der Waals surface area contributed by atoms with E-state index >= 15 is 0 Å². The van der Waals surface area contributed by atoms with Crippen LogP contribution in [-0.2, 0) is 5.75 Å². The Morgan fingerprint density at radius 3 is 2.94 bits per heavy atom. The van der Waals surface area contributed by atoms with E-state index in [0.717, 1.165) is 17.1 Å². The van der Waals surface area contributed by atoms with Gasteiger partial charge in [0.05, 0.1) is 0 Å². The van der Waals surface area contributed by atoms with Gasteiger partial charge < -0.3 is 10.4 Å². The summed E-state index contributed by atoms with van der Waals surface area (Å²) >= 11 is 1.78. The Balaban J connectivity index is 2.51. The van der Waals surface area contributed by atoms with Crippen LogP contribution in [-0.4, -0.2) is 30.4 Å². The lowest BCUT2D eigenvalue weighted by Gasteiger charge is -2.08. The molecule has 0 bridgehead atoms. The van der Waals surface area contributed by atoms with E-state index < -0.39 is 0 Å². The van der Waals surface area contributed by atoms with E-state index in [1.807, 2.05) is 31.2 Å². The molecule has 0 aromatic heterocycles. The monoisotopic (exact) mass is 253 g/mol. The number of hydrogen-bond acceptors (Lipinski definition) is 3. The molecule has 1 aromatic carbocycles. The highest BCUT2D eigenvalue weighted by Gasteiger charge is 2.04. The van der Waals surface area contributed by atoms with Crippen molar-refractivity contribution in [3.63, 3.8) is 0 Å². The first-order valence-electron chi connectivity index (χ1n) is 5.67. The summed E-state index contributed by atoms with van der Waals surface area (Å²) in [6.07, 6.45) is 0.